The molecule has 0 radical (unpaired) electrons. The molecular formula is C13H18BrFN2O. The van der Waals surface area contributed by atoms with Gasteiger partial charge in [0.2, 0.25) is 5.91 Å². The van der Waals surface area contributed by atoms with Crippen LogP contribution in [-0.2, 0) is 4.79 Å². The highest BCUT2D eigenvalue weighted by atomic mass is 79.9. The first-order valence-electron chi connectivity index (χ1n) is 5.61. The molecule has 5 heteroatoms. The van der Waals surface area contributed by atoms with E-state index < -0.39 is 16.8 Å². The molecule has 100 valence electrons. The van der Waals surface area contributed by atoms with Crippen molar-refractivity contribution in [3.63, 3.8) is 0 Å². The third kappa shape index (κ3) is 3.09. The molecular weight excluding hydrogens is 299 g/mol. The van der Waals surface area contributed by atoms with Crippen LogP contribution in [-0.4, -0.2) is 11.4 Å². The Morgan fingerprint density at radius 3 is 2.39 bits per heavy atom. The Bertz CT molecular complexity index is 467. The number of halogens is 2. The second-order valence-electron chi connectivity index (χ2n) is 5.42. The Balaban J connectivity index is 2.98. The van der Waals surface area contributed by atoms with Crippen molar-refractivity contribution < 1.29 is 9.18 Å². The molecule has 3 nitrogen and oxygen atoms in total. The van der Waals surface area contributed by atoms with E-state index in [1.807, 2.05) is 0 Å². The van der Waals surface area contributed by atoms with Gasteiger partial charge in [0, 0.05) is 10.0 Å². The molecule has 0 aliphatic heterocycles. The van der Waals surface area contributed by atoms with Gasteiger partial charge in [-0.2, -0.15) is 0 Å². The van der Waals surface area contributed by atoms with Gasteiger partial charge in [-0.25, -0.2) is 4.39 Å². The van der Waals surface area contributed by atoms with Crippen LogP contribution in [0.25, 0.3) is 0 Å². The van der Waals surface area contributed by atoms with Crippen LogP contribution in [0.1, 0.15) is 27.7 Å². The molecule has 1 aromatic carbocycles. The summed E-state index contributed by atoms with van der Waals surface area (Å²) in [5.41, 5.74) is 4.93. The maximum Gasteiger partial charge on any atom is 0.231 e. The highest BCUT2D eigenvalue weighted by Crippen LogP contribution is 2.31. The maximum atomic E-state index is 13.1. The first-order chi connectivity index (χ1) is 8.05. The van der Waals surface area contributed by atoms with Crippen molar-refractivity contribution in [1.29, 1.82) is 0 Å². The van der Waals surface area contributed by atoms with E-state index in [9.17, 15) is 9.18 Å². The van der Waals surface area contributed by atoms with Gasteiger partial charge in [0.05, 0.1) is 11.1 Å². The van der Waals surface area contributed by atoms with Crippen LogP contribution in [0.5, 0.6) is 0 Å². The lowest BCUT2D eigenvalue weighted by Gasteiger charge is -2.36. The van der Waals surface area contributed by atoms with E-state index in [2.05, 4.69) is 21.2 Å². The fourth-order valence-electron chi connectivity index (χ4n) is 1.16. The van der Waals surface area contributed by atoms with E-state index in [-0.39, 0.29) is 5.91 Å². The van der Waals surface area contributed by atoms with Crippen molar-refractivity contribution in [2.45, 2.75) is 33.2 Å². The summed E-state index contributed by atoms with van der Waals surface area (Å²) in [6, 6.07) is 4.13. The fourth-order valence-corrected chi connectivity index (χ4v) is 1.51. The molecule has 0 aliphatic rings. The van der Waals surface area contributed by atoms with Gasteiger partial charge in [0.1, 0.15) is 5.82 Å². The minimum Gasteiger partial charge on any atom is -0.325 e. The molecule has 0 atom stereocenters. The Labute approximate surface area is 115 Å². The molecule has 1 rings (SSSR count). The molecule has 1 aromatic rings. The van der Waals surface area contributed by atoms with Crippen molar-refractivity contribution in [1.82, 2.24) is 0 Å². The summed E-state index contributed by atoms with van der Waals surface area (Å²) >= 11 is 3.26. The number of benzene rings is 1. The quantitative estimate of drug-likeness (QED) is 0.899. The largest absolute Gasteiger partial charge is 0.325 e. The number of amides is 1. The van der Waals surface area contributed by atoms with Gasteiger partial charge in [0.15, 0.2) is 0 Å². The van der Waals surface area contributed by atoms with Crippen LogP contribution in [0.2, 0.25) is 0 Å². The number of hydrogen-bond donors (Lipinski definition) is 2. The van der Waals surface area contributed by atoms with E-state index in [4.69, 9.17) is 5.73 Å². The lowest BCUT2D eigenvalue weighted by Crippen LogP contribution is -2.53. The van der Waals surface area contributed by atoms with E-state index in [1.165, 1.54) is 12.1 Å². The lowest BCUT2D eigenvalue weighted by atomic mass is 9.74. The van der Waals surface area contributed by atoms with Crippen molar-refractivity contribution in [2.75, 3.05) is 5.32 Å². The number of carbonyl (C=O) groups is 1. The molecule has 0 saturated carbocycles. The van der Waals surface area contributed by atoms with Crippen LogP contribution >= 0.6 is 15.9 Å². The molecule has 0 fully saturated rings. The Kier molecular flexibility index (Phi) is 4.18. The summed E-state index contributed by atoms with van der Waals surface area (Å²) in [6.07, 6.45) is 0. The zero-order valence-corrected chi connectivity index (χ0v) is 12.6. The average molecular weight is 317 g/mol. The van der Waals surface area contributed by atoms with Gasteiger partial charge < -0.3 is 11.1 Å². The zero-order valence-electron chi connectivity index (χ0n) is 11.0. The van der Waals surface area contributed by atoms with E-state index in [0.29, 0.717) is 10.2 Å². The summed E-state index contributed by atoms with van der Waals surface area (Å²) in [5.74, 6) is -0.653. The number of rotatable bonds is 3. The van der Waals surface area contributed by atoms with E-state index >= 15 is 0 Å². The van der Waals surface area contributed by atoms with Gasteiger partial charge in [-0.3, -0.25) is 4.79 Å². The molecule has 18 heavy (non-hydrogen) atoms. The summed E-state index contributed by atoms with van der Waals surface area (Å²) in [4.78, 5) is 12.2. The molecule has 3 N–H and O–H groups in total. The third-order valence-corrected chi connectivity index (χ3v) is 4.05. The highest BCUT2D eigenvalue weighted by molar-refractivity contribution is 9.10. The molecule has 1 amide bonds. The zero-order chi connectivity index (χ0) is 14.1. The average Bonchev–Trinajstić information content (AvgIpc) is 2.21. The first kappa shape index (κ1) is 15.1. The summed E-state index contributed by atoms with van der Waals surface area (Å²) in [7, 11) is 0. The minimum atomic E-state index is -0.779. The predicted octanol–water partition coefficient (Wildman–Crippen LogP) is 3.29. The number of nitrogens with two attached hydrogens (primary N) is 1. The smallest absolute Gasteiger partial charge is 0.231 e. The van der Waals surface area contributed by atoms with Gasteiger partial charge in [0.25, 0.3) is 0 Å². The second kappa shape index (κ2) is 4.97. The Morgan fingerprint density at radius 1 is 1.33 bits per heavy atom. The molecule has 0 spiro atoms. The van der Waals surface area contributed by atoms with Gasteiger partial charge in [-0.05, 0) is 61.8 Å². The van der Waals surface area contributed by atoms with Gasteiger partial charge in [-0.1, -0.05) is 0 Å². The summed E-state index contributed by atoms with van der Waals surface area (Å²) < 4.78 is 13.8. The van der Waals surface area contributed by atoms with Gasteiger partial charge in [-0.15, -0.1) is 0 Å². The molecule has 0 unspecified atom stereocenters. The van der Waals surface area contributed by atoms with Crippen molar-refractivity contribution in [3.05, 3.63) is 28.5 Å². The molecule has 0 saturated heterocycles. The summed E-state index contributed by atoms with van der Waals surface area (Å²) in [5, 5.41) is 2.69. The van der Waals surface area contributed by atoms with Crippen molar-refractivity contribution in [3.8, 4) is 0 Å². The number of carbonyl (C=O) groups excluding carboxylic acids is 1. The monoisotopic (exact) mass is 316 g/mol. The molecule has 0 aliphatic carbocycles. The maximum absolute atomic E-state index is 13.1. The van der Waals surface area contributed by atoms with Crippen LogP contribution in [0.15, 0.2) is 22.7 Å². The number of nitrogens with one attached hydrogen (secondary N) is 1. The van der Waals surface area contributed by atoms with Crippen LogP contribution in [0, 0.1) is 11.2 Å². The Morgan fingerprint density at radius 2 is 1.89 bits per heavy atom. The lowest BCUT2D eigenvalue weighted by molar-refractivity contribution is -0.126. The van der Waals surface area contributed by atoms with Crippen LogP contribution in [0.4, 0.5) is 10.1 Å². The van der Waals surface area contributed by atoms with E-state index in [1.54, 1.807) is 33.8 Å². The van der Waals surface area contributed by atoms with E-state index in [0.717, 1.165) is 0 Å². The summed E-state index contributed by atoms with van der Waals surface area (Å²) in [6.45, 7) is 7.09. The predicted molar refractivity (Wildman–Crippen MR) is 74.8 cm³/mol. The van der Waals surface area contributed by atoms with Gasteiger partial charge >= 0.3 is 0 Å². The normalized spacial score (nSPS) is 12.4. The number of anilines is 1. The molecule has 0 aromatic heterocycles. The first-order valence-corrected chi connectivity index (χ1v) is 6.40. The second-order valence-corrected chi connectivity index (χ2v) is 6.28. The highest BCUT2D eigenvalue weighted by Gasteiger charge is 2.40. The number of hydrogen-bond acceptors (Lipinski definition) is 2. The fraction of sp³-hybridized carbons (Fsp3) is 0.462. The third-order valence-electron chi connectivity index (χ3n) is 3.36. The standard InChI is InChI=1S/C13H18BrFN2O/c1-12(2,13(3,4)16)11(18)17-10-7-8(15)5-6-9(10)14/h5-7H,16H2,1-4H3,(H,17,18). The topological polar surface area (TPSA) is 55.1 Å². The van der Waals surface area contributed by atoms with Crippen molar-refractivity contribution in [2.24, 2.45) is 11.1 Å². The van der Waals surface area contributed by atoms with Crippen LogP contribution in [0.3, 0.4) is 0 Å². The van der Waals surface area contributed by atoms with Crippen LogP contribution < -0.4 is 11.1 Å². The SMILES string of the molecule is CC(C)(N)C(C)(C)C(=O)Nc1cc(F)ccc1Br. The Hall–Kier alpha value is -0.940. The van der Waals surface area contributed by atoms with Crippen molar-refractivity contribution >= 4 is 27.5 Å². The molecule has 0 heterocycles. The minimum absolute atomic E-state index is 0.249. The molecule has 0 bridgehead atoms.